The highest BCUT2D eigenvalue weighted by molar-refractivity contribution is 6.30. The molecule has 8 heteroatoms. The van der Waals surface area contributed by atoms with Crippen LogP contribution < -0.4 is 5.32 Å². The molecule has 1 unspecified atom stereocenters. The number of hydrogen-bond donors (Lipinski definition) is 1. The van der Waals surface area contributed by atoms with Gasteiger partial charge in [0.1, 0.15) is 0 Å². The molecule has 0 aliphatic carbocycles. The van der Waals surface area contributed by atoms with Gasteiger partial charge in [-0.1, -0.05) is 30.7 Å². The largest absolute Gasteiger partial charge is 0.383 e. The fraction of sp³-hybridized carbons (Fsp3) is 0.300. The number of nitrogens with one attached hydrogen (secondary N) is 1. The van der Waals surface area contributed by atoms with Crippen LogP contribution in [0.15, 0.2) is 42.5 Å². The van der Waals surface area contributed by atoms with Crippen LogP contribution in [0.25, 0.3) is 16.8 Å². The number of benzene rings is 2. The lowest BCUT2D eigenvalue weighted by molar-refractivity contribution is 0.0905. The number of amides is 1. The molecular weight excluding hydrogens is 378 g/mol. The second-order valence-corrected chi connectivity index (χ2v) is 6.90. The molecule has 0 fully saturated rings. The van der Waals surface area contributed by atoms with Crippen LogP contribution in [-0.2, 0) is 11.2 Å². The zero-order valence-electron chi connectivity index (χ0n) is 16.0. The Bertz CT molecular complexity index is 955. The molecule has 28 heavy (non-hydrogen) atoms. The smallest absolute Gasteiger partial charge is 0.251 e. The van der Waals surface area contributed by atoms with Crippen molar-refractivity contribution < 1.29 is 9.53 Å². The Labute approximate surface area is 168 Å². The zero-order valence-corrected chi connectivity index (χ0v) is 16.8. The Morgan fingerprint density at radius 1 is 1.21 bits per heavy atom. The van der Waals surface area contributed by atoms with Gasteiger partial charge in [-0.2, -0.15) is 4.68 Å². The minimum absolute atomic E-state index is 0.112. The summed E-state index contributed by atoms with van der Waals surface area (Å²) in [5, 5.41) is 15.5. The van der Waals surface area contributed by atoms with Gasteiger partial charge in [0.25, 0.3) is 5.91 Å². The van der Waals surface area contributed by atoms with Crippen molar-refractivity contribution in [1.82, 2.24) is 25.5 Å². The molecule has 3 rings (SSSR count). The van der Waals surface area contributed by atoms with Gasteiger partial charge in [0.05, 0.1) is 12.3 Å². The van der Waals surface area contributed by atoms with Gasteiger partial charge in [0.2, 0.25) is 0 Å². The average Bonchev–Trinajstić information content (AvgIpc) is 3.17. The van der Waals surface area contributed by atoms with Crippen LogP contribution in [-0.4, -0.2) is 45.9 Å². The predicted molar refractivity (Wildman–Crippen MR) is 108 cm³/mol. The number of carbonyl (C=O) groups is 1. The Morgan fingerprint density at radius 2 is 1.96 bits per heavy atom. The number of hydrogen-bond acceptors (Lipinski definition) is 5. The van der Waals surface area contributed by atoms with Gasteiger partial charge in [-0.3, -0.25) is 4.79 Å². The number of halogens is 1. The van der Waals surface area contributed by atoms with Gasteiger partial charge in [-0.15, -0.1) is 5.10 Å². The first-order chi connectivity index (χ1) is 13.5. The molecule has 7 nitrogen and oxygen atoms in total. The molecule has 1 heterocycles. The lowest BCUT2D eigenvalue weighted by Gasteiger charge is -2.15. The van der Waals surface area contributed by atoms with Crippen LogP contribution in [0.2, 0.25) is 5.02 Å². The number of nitrogens with zero attached hydrogens (tertiary/aromatic N) is 4. The van der Waals surface area contributed by atoms with Gasteiger partial charge >= 0.3 is 0 Å². The van der Waals surface area contributed by atoms with E-state index in [9.17, 15) is 4.79 Å². The molecule has 0 aliphatic heterocycles. The van der Waals surface area contributed by atoms with E-state index in [1.807, 2.05) is 50.2 Å². The lowest BCUT2D eigenvalue weighted by Crippen LogP contribution is -2.35. The molecule has 0 saturated carbocycles. The third-order valence-corrected chi connectivity index (χ3v) is 4.50. The molecule has 146 valence electrons. The minimum atomic E-state index is -0.187. The van der Waals surface area contributed by atoms with Gasteiger partial charge in [0, 0.05) is 30.2 Å². The first-order valence-electron chi connectivity index (χ1n) is 9.00. The Kier molecular flexibility index (Phi) is 6.38. The van der Waals surface area contributed by atoms with Crippen LogP contribution in [0.3, 0.4) is 0 Å². The van der Waals surface area contributed by atoms with Crippen LogP contribution in [0.5, 0.6) is 0 Å². The summed E-state index contributed by atoms with van der Waals surface area (Å²) in [7, 11) is 1.60. The molecule has 1 N–H and O–H groups in total. The topological polar surface area (TPSA) is 81.9 Å². The molecule has 1 amide bonds. The second-order valence-electron chi connectivity index (χ2n) is 6.47. The average molecular weight is 400 g/mol. The number of rotatable bonds is 7. The molecule has 3 aromatic rings. The van der Waals surface area contributed by atoms with E-state index in [2.05, 4.69) is 20.8 Å². The standard InChI is InChI=1S/C20H22ClN5O2/c1-4-19-23-24-25-26(19)18-10-15(14-5-7-17(21)8-6-14)9-16(11-18)20(27)22-13(2)12-28-3/h5-11,13H,4,12H2,1-3H3,(H,22,27). The molecule has 0 bridgehead atoms. The van der Waals surface area contributed by atoms with E-state index in [0.29, 0.717) is 29.4 Å². The molecule has 0 spiro atoms. The van der Waals surface area contributed by atoms with Gasteiger partial charge in [-0.05, 0) is 58.8 Å². The van der Waals surface area contributed by atoms with Crippen molar-refractivity contribution in [2.45, 2.75) is 26.3 Å². The highest BCUT2D eigenvalue weighted by atomic mass is 35.5. The third-order valence-electron chi connectivity index (χ3n) is 4.25. The maximum atomic E-state index is 12.8. The summed E-state index contributed by atoms with van der Waals surface area (Å²) in [6, 6.07) is 12.9. The Morgan fingerprint density at radius 3 is 2.64 bits per heavy atom. The summed E-state index contributed by atoms with van der Waals surface area (Å²) in [6.07, 6.45) is 0.671. The summed E-state index contributed by atoms with van der Waals surface area (Å²) in [5.41, 5.74) is 3.05. The fourth-order valence-electron chi connectivity index (χ4n) is 2.90. The molecule has 0 radical (unpaired) electrons. The van der Waals surface area contributed by atoms with Crippen LogP contribution in [0.1, 0.15) is 30.0 Å². The van der Waals surface area contributed by atoms with Crippen molar-refractivity contribution in [2.75, 3.05) is 13.7 Å². The first-order valence-corrected chi connectivity index (χ1v) is 9.38. The number of carbonyl (C=O) groups excluding carboxylic acids is 1. The summed E-state index contributed by atoms with van der Waals surface area (Å²) in [5.74, 6) is 0.528. The van der Waals surface area contributed by atoms with Gasteiger partial charge < -0.3 is 10.1 Å². The van der Waals surface area contributed by atoms with Crippen molar-refractivity contribution in [1.29, 1.82) is 0 Å². The predicted octanol–water partition coefficient (Wildman–Crippen LogP) is 3.31. The first kappa shape index (κ1) is 20.0. The normalized spacial score (nSPS) is 12.0. The van der Waals surface area contributed by atoms with E-state index in [4.69, 9.17) is 16.3 Å². The fourth-order valence-corrected chi connectivity index (χ4v) is 3.03. The Balaban J connectivity index is 2.06. The number of aryl methyl sites for hydroxylation is 1. The summed E-state index contributed by atoms with van der Waals surface area (Å²) >= 11 is 6.01. The molecule has 1 atom stereocenters. The SMILES string of the molecule is CCc1nnnn1-c1cc(C(=O)NC(C)COC)cc(-c2ccc(Cl)cc2)c1. The van der Waals surface area contributed by atoms with Crippen LogP contribution >= 0.6 is 11.6 Å². The summed E-state index contributed by atoms with van der Waals surface area (Å²) < 4.78 is 6.75. The number of ether oxygens (including phenoxy) is 1. The Hall–Kier alpha value is -2.77. The molecular formula is C20H22ClN5O2. The highest BCUT2D eigenvalue weighted by Crippen LogP contribution is 2.26. The minimum Gasteiger partial charge on any atom is -0.383 e. The molecule has 1 aromatic heterocycles. The molecule has 2 aromatic carbocycles. The summed E-state index contributed by atoms with van der Waals surface area (Å²) in [4.78, 5) is 12.8. The van der Waals surface area contributed by atoms with Crippen LogP contribution in [0, 0.1) is 0 Å². The number of methoxy groups -OCH3 is 1. The number of aromatic nitrogens is 4. The highest BCUT2D eigenvalue weighted by Gasteiger charge is 2.15. The maximum absolute atomic E-state index is 12.8. The van der Waals surface area contributed by atoms with E-state index in [-0.39, 0.29) is 11.9 Å². The van der Waals surface area contributed by atoms with Crippen molar-refractivity contribution >= 4 is 17.5 Å². The van der Waals surface area contributed by atoms with Crippen LogP contribution in [0.4, 0.5) is 0 Å². The van der Waals surface area contributed by atoms with Crippen molar-refractivity contribution in [2.24, 2.45) is 0 Å². The maximum Gasteiger partial charge on any atom is 0.251 e. The quantitative estimate of drug-likeness (QED) is 0.659. The van der Waals surface area contributed by atoms with Crippen molar-refractivity contribution in [3.05, 3.63) is 58.9 Å². The van der Waals surface area contributed by atoms with E-state index >= 15 is 0 Å². The zero-order chi connectivity index (χ0) is 20.1. The van der Waals surface area contributed by atoms with E-state index in [1.54, 1.807) is 17.9 Å². The number of tetrazole rings is 1. The lowest BCUT2D eigenvalue weighted by atomic mass is 10.0. The van der Waals surface area contributed by atoms with E-state index < -0.39 is 0 Å². The molecule has 0 aliphatic rings. The van der Waals surface area contributed by atoms with Gasteiger partial charge in [0.15, 0.2) is 5.82 Å². The van der Waals surface area contributed by atoms with E-state index in [0.717, 1.165) is 16.8 Å². The second kappa shape index (κ2) is 8.95. The van der Waals surface area contributed by atoms with Gasteiger partial charge in [-0.25, -0.2) is 0 Å². The molecule has 0 saturated heterocycles. The summed E-state index contributed by atoms with van der Waals surface area (Å²) in [6.45, 7) is 4.30. The monoisotopic (exact) mass is 399 g/mol. The third kappa shape index (κ3) is 4.55. The van der Waals surface area contributed by atoms with Crippen molar-refractivity contribution in [3.63, 3.8) is 0 Å². The van der Waals surface area contributed by atoms with E-state index in [1.165, 1.54) is 0 Å². The van der Waals surface area contributed by atoms with Crippen molar-refractivity contribution in [3.8, 4) is 16.8 Å².